The van der Waals surface area contributed by atoms with Crippen molar-refractivity contribution < 1.29 is 27.5 Å². The Hall–Kier alpha value is -2.54. The number of amides is 1. The molecule has 0 aliphatic rings. The van der Waals surface area contributed by atoms with Crippen molar-refractivity contribution in [2.24, 2.45) is 0 Å². The van der Waals surface area contributed by atoms with Crippen LogP contribution in [-0.4, -0.2) is 19.0 Å². The number of esters is 1. The number of carbonyl (C=O) groups is 2. The van der Waals surface area contributed by atoms with Crippen molar-refractivity contribution >= 4 is 23.5 Å². The van der Waals surface area contributed by atoms with E-state index < -0.39 is 35.2 Å². The van der Waals surface area contributed by atoms with Crippen LogP contribution in [0.25, 0.3) is 0 Å². The van der Waals surface area contributed by atoms with Crippen molar-refractivity contribution in [3.05, 3.63) is 70.2 Å². The molecule has 2 aromatic carbocycles. The van der Waals surface area contributed by atoms with Crippen LogP contribution in [0.5, 0.6) is 0 Å². The van der Waals surface area contributed by atoms with E-state index in [9.17, 15) is 22.8 Å². The van der Waals surface area contributed by atoms with Gasteiger partial charge in [0, 0.05) is 5.02 Å². The number of hydrogen-bond acceptors (Lipinski definition) is 3. The third kappa shape index (κ3) is 4.76. The number of alkyl halides is 3. The van der Waals surface area contributed by atoms with Crippen molar-refractivity contribution in [2.75, 3.05) is 7.11 Å². The van der Waals surface area contributed by atoms with E-state index in [1.54, 1.807) is 24.3 Å². The van der Waals surface area contributed by atoms with E-state index in [4.69, 9.17) is 11.6 Å². The fourth-order valence-corrected chi connectivity index (χ4v) is 2.68. The second kappa shape index (κ2) is 8.23. The van der Waals surface area contributed by atoms with Crippen LogP contribution < -0.4 is 5.32 Å². The van der Waals surface area contributed by atoms with Gasteiger partial charge in [-0.25, -0.2) is 0 Å². The maximum Gasteiger partial charge on any atom is 0.417 e. The summed E-state index contributed by atoms with van der Waals surface area (Å²) >= 11 is 6.10. The summed E-state index contributed by atoms with van der Waals surface area (Å²) in [5, 5.41) is 2.71. The molecule has 1 atom stereocenters. The molecule has 0 aromatic heterocycles. The Balaban J connectivity index is 2.36. The van der Waals surface area contributed by atoms with Gasteiger partial charge in [-0.15, -0.1) is 0 Å². The molecule has 1 N–H and O–H groups in total. The molecule has 1 unspecified atom stereocenters. The van der Waals surface area contributed by atoms with Crippen LogP contribution >= 0.6 is 11.6 Å². The maximum atomic E-state index is 13.1. The molecule has 0 aliphatic heterocycles. The van der Waals surface area contributed by atoms with Gasteiger partial charge in [-0.1, -0.05) is 41.9 Å². The van der Waals surface area contributed by atoms with Crippen LogP contribution in [0.15, 0.2) is 48.5 Å². The first-order valence-electron chi connectivity index (χ1n) is 7.52. The maximum absolute atomic E-state index is 13.1. The Morgan fingerprint density at radius 2 is 1.73 bits per heavy atom. The van der Waals surface area contributed by atoms with Crippen LogP contribution in [0.1, 0.15) is 33.9 Å². The zero-order chi connectivity index (χ0) is 19.3. The fourth-order valence-electron chi connectivity index (χ4n) is 2.41. The molecule has 4 nitrogen and oxygen atoms in total. The first-order valence-corrected chi connectivity index (χ1v) is 7.90. The number of rotatable bonds is 5. The molecule has 2 aromatic rings. The van der Waals surface area contributed by atoms with Crippen LogP contribution in [0.2, 0.25) is 5.02 Å². The molecule has 0 radical (unpaired) electrons. The van der Waals surface area contributed by atoms with Crippen molar-refractivity contribution in [1.82, 2.24) is 5.32 Å². The predicted octanol–water partition coefficient (Wildman–Crippen LogP) is 4.39. The first kappa shape index (κ1) is 19.8. The smallest absolute Gasteiger partial charge is 0.417 e. The summed E-state index contributed by atoms with van der Waals surface area (Å²) in [6.45, 7) is 0. The Bertz CT molecular complexity index is 808. The van der Waals surface area contributed by atoms with E-state index in [2.05, 4.69) is 10.1 Å². The Labute approximate surface area is 152 Å². The third-order valence-electron chi connectivity index (χ3n) is 3.66. The fraction of sp³-hybridized carbons (Fsp3) is 0.222. The lowest BCUT2D eigenvalue weighted by atomic mass is 10.0. The van der Waals surface area contributed by atoms with Gasteiger partial charge in [0.05, 0.1) is 30.7 Å². The summed E-state index contributed by atoms with van der Waals surface area (Å²) in [4.78, 5) is 24.1. The highest BCUT2D eigenvalue weighted by Crippen LogP contribution is 2.32. The van der Waals surface area contributed by atoms with E-state index in [0.717, 1.165) is 12.1 Å². The number of nitrogens with one attached hydrogen (secondary N) is 1. The molecule has 0 saturated heterocycles. The number of methoxy groups -OCH3 is 1. The van der Waals surface area contributed by atoms with E-state index in [1.165, 1.54) is 19.2 Å². The van der Waals surface area contributed by atoms with E-state index in [1.807, 2.05) is 0 Å². The summed E-state index contributed by atoms with van der Waals surface area (Å²) in [6, 6.07) is 9.89. The Morgan fingerprint density at radius 3 is 2.35 bits per heavy atom. The topological polar surface area (TPSA) is 55.4 Å². The molecular weight excluding hydrogens is 371 g/mol. The SMILES string of the molecule is COC(=O)CC(NC(=O)c1ccccc1C(F)(F)F)c1ccccc1Cl. The van der Waals surface area contributed by atoms with Crippen LogP contribution in [0.4, 0.5) is 13.2 Å². The molecular formula is C18H15ClF3NO3. The lowest BCUT2D eigenvalue weighted by Crippen LogP contribution is -2.32. The van der Waals surface area contributed by atoms with Crippen molar-refractivity contribution in [3.8, 4) is 0 Å². The highest BCUT2D eigenvalue weighted by Gasteiger charge is 2.35. The Kier molecular flexibility index (Phi) is 6.26. The van der Waals surface area contributed by atoms with Crippen molar-refractivity contribution in [2.45, 2.75) is 18.6 Å². The van der Waals surface area contributed by atoms with Crippen LogP contribution in [0.3, 0.4) is 0 Å². The van der Waals surface area contributed by atoms with Crippen molar-refractivity contribution in [3.63, 3.8) is 0 Å². The standard InChI is InChI=1S/C18H15ClF3NO3/c1-26-16(24)10-15(12-7-3-5-9-14(12)19)23-17(25)11-6-2-4-8-13(11)18(20,21)22/h2-9,15H,10H2,1H3,(H,23,25). The lowest BCUT2D eigenvalue weighted by molar-refractivity contribution is -0.141. The second-order valence-electron chi connectivity index (χ2n) is 5.37. The minimum atomic E-state index is -4.68. The van der Waals surface area contributed by atoms with E-state index >= 15 is 0 Å². The number of hydrogen-bond donors (Lipinski definition) is 1. The number of ether oxygens (including phenoxy) is 1. The van der Waals surface area contributed by atoms with Gasteiger partial charge in [0.15, 0.2) is 0 Å². The zero-order valence-electron chi connectivity index (χ0n) is 13.6. The minimum Gasteiger partial charge on any atom is -0.469 e. The summed E-state index contributed by atoms with van der Waals surface area (Å²) in [5.41, 5.74) is -1.20. The van der Waals surface area contributed by atoms with Gasteiger partial charge in [0.1, 0.15) is 0 Å². The summed E-state index contributed by atoms with van der Waals surface area (Å²) in [6.07, 6.45) is -4.96. The largest absolute Gasteiger partial charge is 0.469 e. The zero-order valence-corrected chi connectivity index (χ0v) is 14.4. The number of carbonyl (C=O) groups excluding carboxylic acids is 2. The van der Waals surface area contributed by atoms with Gasteiger partial charge < -0.3 is 10.1 Å². The molecule has 2 rings (SSSR count). The minimum absolute atomic E-state index is 0.269. The molecule has 1 amide bonds. The summed E-state index contributed by atoms with van der Waals surface area (Å²) in [7, 11) is 1.17. The molecule has 0 saturated carbocycles. The first-order chi connectivity index (χ1) is 12.2. The van der Waals surface area contributed by atoms with Crippen LogP contribution in [-0.2, 0) is 15.7 Å². The molecule has 8 heteroatoms. The number of halogens is 4. The molecule has 138 valence electrons. The quantitative estimate of drug-likeness (QED) is 0.776. The van der Waals surface area contributed by atoms with Gasteiger partial charge >= 0.3 is 12.1 Å². The molecule has 0 aliphatic carbocycles. The highest BCUT2D eigenvalue weighted by atomic mass is 35.5. The molecule has 0 bridgehead atoms. The average Bonchev–Trinajstić information content (AvgIpc) is 2.60. The summed E-state index contributed by atoms with van der Waals surface area (Å²) < 4.78 is 44.0. The molecule has 0 fully saturated rings. The van der Waals surface area contributed by atoms with E-state index in [0.29, 0.717) is 5.56 Å². The molecule has 26 heavy (non-hydrogen) atoms. The third-order valence-corrected chi connectivity index (χ3v) is 4.01. The van der Waals surface area contributed by atoms with Gasteiger partial charge in [-0.05, 0) is 23.8 Å². The summed E-state index contributed by atoms with van der Waals surface area (Å²) in [5.74, 6) is -1.61. The molecule has 0 heterocycles. The lowest BCUT2D eigenvalue weighted by Gasteiger charge is -2.20. The van der Waals surface area contributed by atoms with Gasteiger partial charge in [-0.2, -0.15) is 13.2 Å². The van der Waals surface area contributed by atoms with Gasteiger partial charge in [0.2, 0.25) is 0 Å². The highest BCUT2D eigenvalue weighted by molar-refractivity contribution is 6.31. The second-order valence-corrected chi connectivity index (χ2v) is 5.78. The normalized spacial score (nSPS) is 12.3. The van der Waals surface area contributed by atoms with E-state index in [-0.39, 0.29) is 11.4 Å². The van der Waals surface area contributed by atoms with Gasteiger partial charge in [-0.3, -0.25) is 9.59 Å². The number of benzene rings is 2. The van der Waals surface area contributed by atoms with Crippen LogP contribution in [0, 0.1) is 0 Å². The predicted molar refractivity (Wildman–Crippen MR) is 89.7 cm³/mol. The van der Waals surface area contributed by atoms with Gasteiger partial charge in [0.25, 0.3) is 5.91 Å². The Morgan fingerprint density at radius 1 is 1.12 bits per heavy atom. The van der Waals surface area contributed by atoms with Crippen molar-refractivity contribution in [1.29, 1.82) is 0 Å². The monoisotopic (exact) mass is 385 g/mol. The molecule has 0 spiro atoms. The average molecular weight is 386 g/mol.